The minimum atomic E-state index is 0.375. The number of ether oxygens (including phenoxy) is 1. The molecule has 13 heavy (non-hydrogen) atoms. The van der Waals surface area contributed by atoms with E-state index in [2.05, 4.69) is 39.5 Å². The fourth-order valence-corrected chi connectivity index (χ4v) is 1.91. The molecule has 0 radical (unpaired) electrons. The van der Waals surface area contributed by atoms with Crippen molar-refractivity contribution in [3.63, 3.8) is 0 Å². The van der Waals surface area contributed by atoms with Crippen LogP contribution in [0.2, 0.25) is 0 Å². The van der Waals surface area contributed by atoms with Crippen LogP contribution in [0.15, 0.2) is 0 Å². The molecular formula is C11H23NO. The molecule has 1 fully saturated rings. The fourth-order valence-electron chi connectivity index (χ4n) is 1.91. The molecule has 2 unspecified atom stereocenters. The van der Waals surface area contributed by atoms with Gasteiger partial charge in [0.05, 0.1) is 12.7 Å². The molecule has 0 saturated carbocycles. The predicted molar refractivity (Wildman–Crippen MR) is 55.9 cm³/mol. The quantitative estimate of drug-likeness (QED) is 0.665. The zero-order chi connectivity index (χ0) is 10.0. The number of nitrogens with zero attached hydrogens (tertiary/aromatic N) is 1. The Morgan fingerprint density at radius 2 is 1.92 bits per heavy atom. The molecule has 2 heteroatoms. The third kappa shape index (κ3) is 2.68. The Morgan fingerprint density at radius 3 is 2.31 bits per heavy atom. The molecule has 0 aliphatic carbocycles. The van der Waals surface area contributed by atoms with Gasteiger partial charge < -0.3 is 4.74 Å². The van der Waals surface area contributed by atoms with Crippen LogP contribution >= 0.6 is 0 Å². The van der Waals surface area contributed by atoms with E-state index in [0.717, 1.165) is 12.5 Å². The zero-order valence-electron chi connectivity index (χ0n) is 9.58. The maximum Gasteiger partial charge on any atom is 0.0524 e. The molecule has 1 heterocycles. The van der Waals surface area contributed by atoms with Crippen molar-refractivity contribution >= 4 is 0 Å². The average molecular weight is 185 g/mol. The highest BCUT2D eigenvalue weighted by Gasteiger charge is 2.36. The first-order chi connectivity index (χ1) is 6.02. The molecule has 0 bridgehead atoms. The first kappa shape index (κ1) is 11.0. The first-order valence-corrected chi connectivity index (χ1v) is 5.39. The third-order valence-electron chi connectivity index (χ3n) is 2.96. The Kier molecular flexibility index (Phi) is 3.74. The Hall–Kier alpha value is -0.0800. The summed E-state index contributed by atoms with van der Waals surface area (Å²) >= 11 is 0. The number of hydrogen-bond acceptors (Lipinski definition) is 2. The van der Waals surface area contributed by atoms with Crippen molar-refractivity contribution in [1.29, 1.82) is 0 Å². The van der Waals surface area contributed by atoms with Crippen molar-refractivity contribution in [2.45, 2.75) is 52.8 Å². The summed E-state index contributed by atoms with van der Waals surface area (Å²) in [6.07, 6.45) is 0.375. The van der Waals surface area contributed by atoms with E-state index in [0.29, 0.717) is 18.2 Å². The molecule has 2 nitrogen and oxygen atoms in total. The second kappa shape index (κ2) is 4.43. The highest BCUT2D eigenvalue weighted by Crippen LogP contribution is 2.27. The highest BCUT2D eigenvalue weighted by atomic mass is 16.5. The lowest BCUT2D eigenvalue weighted by atomic mass is 9.89. The SMILES string of the molecule is CC(C)OCC1CN(C(C)C)C1C. The molecule has 0 aromatic carbocycles. The monoisotopic (exact) mass is 185 g/mol. The van der Waals surface area contributed by atoms with Crippen LogP contribution in [0.5, 0.6) is 0 Å². The fraction of sp³-hybridized carbons (Fsp3) is 1.00. The van der Waals surface area contributed by atoms with Crippen LogP contribution < -0.4 is 0 Å². The summed E-state index contributed by atoms with van der Waals surface area (Å²) in [5.74, 6) is 0.754. The van der Waals surface area contributed by atoms with Gasteiger partial charge in [0.15, 0.2) is 0 Å². The van der Waals surface area contributed by atoms with E-state index >= 15 is 0 Å². The molecular weight excluding hydrogens is 162 g/mol. The van der Waals surface area contributed by atoms with Crippen LogP contribution in [-0.2, 0) is 4.74 Å². The number of rotatable bonds is 4. The lowest BCUT2D eigenvalue weighted by molar-refractivity contribution is -0.0605. The van der Waals surface area contributed by atoms with E-state index in [-0.39, 0.29) is 0 Å². The van der Waals surface area contributed by atoms with Gasteiger partial charge in [0.1, 0.15) is 0 Å². The van der Waals surface area contributed by atoms with Gasteiger partial charge in [0.25, 0.3) is 0 Å². The van der Waals surface area contributed by atoms with Gasteiger partial charge in [-0.2, -0.15) is 0 Å². The van der Waals surface area contributed by atoms with Gasteiger partial charge in [-0.1, -0.05) is 0 Å². The standard InChI is InChI=1S/C11H23NO/c1-8(2)12-6-11(10(12)5)7-13-9(3)4/h8-11H,6-7H2,1-5H3. The van der Waals surface area contributed by atoms with Crippen LogP contribution in [0.3, 0.4) is 0 Å². The third-order valence-corrected chi connectivity index (χ3v) is 2.96. The molecule has 0 spiro atoms. The summed E-state index contributed by atoms with van der Waals surface area (Å²) in [6.45, 7) is 13.2. The van der Waals surface area contributed by atoms with E-state index in [1.165, 1.54) is 6.54 Å². The van der Waals surface area contributed by atoms with Gasteiger partial charge in [-0.15, -0.1) is 0 Å². The second-order valence-electron chi connectivity index (χ2n) is 4.67. The molecule has 1 rings (SSSR count). The van der Waals surface area contributed by atoms with Gasteiger partial charge in [-0.05, 0) is 34.6 Å². The minimum Gasteiger partial charge on any atom is -0.378 e. The Bertz CT molecular complexity index is 154. The van der Waals surface area contributed by atoms with Crippen LogP contribution in [0.1, 0.15) is 34.6 Å². The van der Waals surface area contributed by atoms with Crippen molar-refractivity contribution in [3.05, 3.63) is 0 Å². The molecule has 1 saturated heterocycles. The molecule has 0 N–H and O–H groups in total. The van der Waals surface area contributed by atoms with Crippen LogP contribution in [0.4, 0.5) is 0 Å². The molecule has 1 aliphatic rings. The Labute approximate surface area is 82.3 Å². The van der Waals surface area contributed by atoms with Gasteiger partial charge in [0.2, 0.25) is 0 Å². The molecule has 78 valence electrons. The van der Waals surface area contributed by atoms with Crippen molar-refractivity contribution in [3.8, 4) is 0 Å². The molecule has 1 aliphatic heterocycles. The zero-order valence-corrected chi connectivity index (χ0v) is 9.58. The average Bonchev–Trinajstić information content (AvgIpc) is 2.00. The second-order valence-corrected chi connectivity index (χ2v) is 4.67. The highest BCUT2D eigenvalue weighted by molar-refractivity contribution is 4.90. The summed E-state index contributed by atoms with van der Waals surface area (Å²) in [5, 5.41) is 0. The largest absolute Gasteiger partial charge is 0.378 e. The van der Waals surface area contributed by atoms with Gasteiger partial charge in [-0.3, -0.25) is 4.90 Å². The first-order valence-electron chi connectivity index (χ1n) is 5.39. The van der Waals surface area contributed by atoms with Crippen LogP contribution in [0, 0.1) is 5.92 Å². The van der Waals surface area contributed by atoms with Crippen molar-refractivity contribution in [1.82, 2.24) is 4.90 Å². The maximum absolute atomic E-state index is 5.62. The smallest absolute Gasteiger partial charge is 0.0524 e. The molecule has 2 atom stereocenters. The van der Waals surface area contributed by atoms with Crippen molar-refractivity contribution in [2.75, 3.05) is 13.2 Å². The van der Waals surface area contributed by atoms with E-state index in [1.807, 2.05) is 0 Å². The van der Waals surface area contributed by atoms with Crippen molar-refractivity contribution in [2.24, 2.45) is 5.92 Å². The molecule has 0 aromatic heterocycles. The summed E-state index contributed by atoms with van der Waals surface area (Å²) in [4.78, 5) is 2.52. The van der Waals surface area contributed by atoms with Gasteiger partial charge >= 0.3 is 0 Å². The Morgan fingerprint density at radius 1 is 1.31 bits per heavy atom. The topological polar surface area (TPSA) is 12.5 Å². The van der Waals surface area contributed by atoms with E-state index in [1.54, 1.807) is 0 Å². The lowest BCUT2D eigenvalue weighted by Gasteiger charge is -2.49. The normalized spacial score (nSPS) is 29.8. The number of hydrogen-bond donors (Lipinski definition) is 0. The lowest BCUT2D eigenvalue weighted by Crippen LogP contribution is -2.58. The van der Waals surface area contributed by atoms with E-state index in [9.17, 15) is 0 Å². The summed E-state index contributed by atoms with van der Waals surface area (Å²) in [6, 6.07) is 1.39. The predicted octanol–water partition coefficient (Wildman–Crippen LogP) is 2.14. The number of likely N-dealkylation sites (tertiary alicyclic amines) is 1. The molecule has 0 aromatic rings. The van der Waals surface area contributed by atoms with E-state index < -0.39 is 0 Å². The molecule has 0 amide bonds. The van der Waals surface area contributed by atoms with Crippen LogP contribution in [-0.4, -0.2) is 36.2 Å². The van der Waals surface area contributed by atoms with Crippen molar-refractivity contribution < 1.29 is 4.74 Å². The summed E-state index contributed by atoms with van der Waals surface area (Å²) in [5.41, 5.74) is 0. The minimum absolute atomic E-state index is 0.375. The summed E-state index contributed by atoms with van der Waals surface area (Å²) in [7, 11) is 0. The van der Waals surface area contributed by atoms with Crippen LogP contribution in [0.25, 0.3) is 0 Å². The Balaban J connectivity index is 2.20. The van der Waals surface area contributed by atoms with E-state index in [4.69, 9.17) is 4.74 Å². The van der Waals surface area contributed by atoms with Gasteiger partial charge in [-0.25, -0.2) is 0 Å². The summed E-state index contributed by atoms with van der Waals surface area (Å²) < 4.78 is 5.62. The maximum atomic E-state index is 5.62. The van der Waals surface area contributed by atoms with Gasteiger partial charge in [0, 0.05) is 24.5 Å².